The molecule has 0 saturated carbocycles. The molecule has 24 heavy (non-hydrogen) atoms. The fourth-order valence-electron chi connectivity index (χ4n) is 2.26. The zero-order chi connectivity index (χ0) is 17.4. The molecule has 0 bridgehead atoms. The maximum atomic E-state index is 13.8. The van der Waals surface area contributed by atoms with Gasteiger partial charge in [0.25, 0.3) is 0 Å². The van der Waals surface area contributed by atoms with Crippen LogP contribution in [0.3, 0.4) is 0 Å². The number of nitrogens with one attached hydrogen (secondary N) is 1. The predicted molar refractivity (Wildman–Crippen MR) is 78.0 cm³/mol. The first-order chi connectivity index (χ1) is 11.4. The topological polar surface area (TPSA) is 85.4 Å². The number of fused-ring (bicyclic) bond motifs is 1. The third kappa shape index (κ3) is 2.73. The van der Waals surface area contributed by atoms with Crippen molar-refractivity contribution in [2.45, 2.75) is 13.0 Å². The molecule has 1 atom stereocenters. The van der Waals surface area contributed by atoms with Gasteiger partial charge in [-0.05, 0) is 19.1 Å². The van der Waals surface area contributed by atoms with E-state index in [0.717, 1.165) is 12.3 Å². The zero-order valence-electron chi connectivity index (χ0n) is 12.2. The van der Waals surface area contributed by atoms with Crippen molar-refractivity contribution >= 4 is 17.2 Å². The lowest BCUT2D eigenvalue weighted by Crippen LogP contribution is -2.12. The van der Waals surface area contributed by atoms with Gasteiger partial charge >= 0.3 is 5.69 Å². The van der Waals surface area contributed by atoms with Crippen LogP contribution in [-0.2, 0) is 0 Å². The van der Waals surface area contributed by atoms with Gasteiger partial charge in [-0.3, -0.25) is 10.1 Å². The summed E-state index contributed by atoms with van der Waals surface area (Å²) in [6.07, 6.45) is 2.48. The van der Waals surface area contributed by atoms with Crippen molar-refractivity contribution in [3.05, 3.63) is 63.7 Å². The third-order valence-corrected chi connectivity index (χ3v) is 3.40. The number of nitro groups is 1. The van der Waals surface area contributed by atoms with Gasteiger partial charge in [0, 0.05) is 17.8 Å². The molecule has 10 heteroatoms. The van der Waals surface area contributed by atoms with Crippen molar-refractivity contribution < 1.29 is 18.1 Å². The predicted octanol–water partition coefficient (Wildman–Crippen LogP) is 3.23. The molecule has 1 N–H and O–H groups in total. The van der Waals surface area contributed by atoms with E-state index in [0.29, 0.717) is 6.07 Å². The van der Waals surface area contributed by atoms with Crippen LogP contribution in [0.2, 0.25) is 0 Å². The highest BCUT2D eigenvalue weighted by Gasteiger charge is 2.19. The molecule has 3 aromatic rings. The summed E-state index contributed by atoms with van der Waals surface area (Å²) in [5.41, 5.74) is -0.533. The molecule has 124 valence electrons. The summed E-state index contributed by atoms with van der Waals surface area (Å²) in [6, 6.07) is 1.95. The van der Waals surface area contributed by atoms with E-state index in [1.807, 2.05) is 0 Å². The summed E-state index contributed by atoms with van der Waals surface area (Å²) in [4.78, 5) is 14.3. The molecule has 0 aliphatic carbocycles. The van der Waals surface area contributed by atoms with Crippen LogP contribution in [-0.4, -0.2) is 19.5 Å². The Kier molecular flexibility index (Phi) is 3.80. The van der Waals surface area contributed by atoms with Crippen molar-refractivity contribution in [3.8, 4) is 0 Å². The Hall–Kier alpha value is -3.17. The zero-order valence-corrected chi connectivity index (χ0v) is 12.2. The van der Waals surface area contributed by atoms with E-state index < -0.39 is 28.4 Å². The SMILES string of the molecule is C[C@@H](Nc1ccn2ncc([N+](=O)[O-])c2n1)c1cc(F)cc(F)c1F. The number of anilines is 1. The van der Waals surface area contributed by atoms with Gasteiger partial charge in [-0.2, -0.15) is 5.10 Å². The lowest BCUT2D eigenvalue weighted by atomic mass is 10.1. The summed E-state index contributed by atoms with van der Waals surface area (Å²) in [5, 5.41) is 17.4. The minimum absolute atomic E-state index is 0.0110. The highest BCUT2D eigenvalue weighted by atomic mass is 19.2. The van der Waals surface area contributed by atoms with E-state index in [-0.39, 0.29) is 22.7 Å². The minimum atomic E-state index is -1.30. The van der Waals surface area contributed by atoms with Gasteiger partial charge in [-0.1, -0.05) is 0 Å². The molecule has 0 amide bonds. The number of aromatic nitrogens is 3. The van der Waals surface area contributed by atoms with Gasteiger partial charge in [0.15, 0.2) is 11.6 Å². The number of hydrogen-bond acceptors (Lipinski definition) is 5. The first-order valence-electron chi connectivity index (χ1n) is 6.76. The second kappa shape index (κ2) is 5.80. The van der Waals surface area contributed by atoms with Gasteiger partial charge in [0.1, 0.15) is 17.8 Å². The van der Waals surface area contributed by atoms with E-state index in [1.54, 1.807) is 0 Å². The van der Waals surface area contributed by atoms with Crippen LogP contribution in [0, 0.1) is 27.6 Å². The summed E-state index contributed by atoms with van der Waals surface area (Å²) in [7, 11) is 0. The smallest absolute Gasteiger partial charge is 0.333 e. The summed E-state index contributed by atoms with van der Waals surface area (Å²) in [5.74, 6) is -3.21. The lowest BCUT2D eigenvalue weighted by Gasteiger charge is -2.16. The Balaban J connectivity index is 1.95. The van der Waals surface area contributed by atoms with Crippen molar-refractivity contribution in [2.24, 2.45) is 0 Å². The van der Waals surface area contributed by atoms with Crippen LogP contribution < -0.4 is 5.32 Å². The maximum Gasteiger partial charge on any atom is 0.333 e. The van der Waals surface area contributed by atoms with Gasteiger partial charge in [-0.25, -0.2) is 22.7 Å². The molecule has 0 spiro atoms. The quantitative estimate of drug-likeness (QED) is 0.449. The van der Waals surface area contributed by atoms with Crippen LogP contribution in [0.15, 0.2) is 30.6 Å². The number of nitrogens with zero attached hydrogens (tertiary/aromatic N) is 4. The van der Waals surface area contributed by atoms with Crippen LogP contribution in [0.5, 0.6) is 0 Å². The molecule has 0 fully saturated rings. The molecule has 0 saturated heterocycles. The average molecular weight is 337 g/mol. The summed E-state index contributed by atoms with van der Waals surface area (Å²) >= 11 is 0. The largest absolute Gasteiger partial charge is 0.363 e. The van der Waals surface area contributed by atoms with Gasteiger partial charge in [0.05, 0.1) is 11.0 Å². The molecule has 2 heterocycles. The van der Waals surface area contributed by atoms with Crippen LogP contribution in [0.25, 0.3) is 5.65 Å². The Morgan fingerprint density at radius 1 is 1.33 bits per heavy atom. The Labute approximate surface area is 132 Å². The third-order valence-electron chi connectivity index (χ3n) is 3.40. The highest BCUT2D eigenvalue weighted by Crippen LogP contribution is 2.25. The van der Waals surface area contributed by atoms with Crippen molar-refractivity contribution in [3.63, 3.8) is 0 Å². The summed E-state index contributed by atoms with van der Waals surface area (Å²) < 4.78 is 41.6. The van der Waals surface area contributed by atoms with Crippen LogP contribution in [0.1, 0.15) is 18.5 Å². The lowest BCUT2D eigenvalue weighted by molar-refractivity contribution is -0.383. The standard InChI is InChI=1S/C14H10F3N5O2/c1-7(9-4-8(15)5-10(16)13(9)17)19-12-2-3-21-14(20-12)11(6-18-21)22(23)24/h2-7H,1H3,(H,19,20)/t7-/m1/s1. The number of hydrogen-bond donors (Lipinski definition) is 1. The Bertz CT molecular complexity index is 944. The fraction of sp³-hybridized carbons (Fsp3) is 0.143. The van der Waals surface area contributed by atoms with E-state index in [4.69, 9.17) is 0 Å². The first-order valence-corrected chi connectivity index (χ1v) is 6.76. The average Bonchev–Trinajstić information content (AvgIpc) is 2.94. The first kappa shape index (κ1) is 15.7. The molecule has 0 radical (unpaired) electrons. The monoisotopic (exact) mass is 337 g/mol. The van der Waals surface area contributed by atoms with Crippen LogP contribution in [0.4, 0.5) is 24.7 Å². The molecular formula is C14H10F3N5O2. The van der Waals surface area contributed by atoms with E-state index in [9.17, 15) is 23.3 Å². The number of benzene rings is 1. The van der Waals surface area contributed by atoms with Gasteiger partial charge in [-0.15, -0.1) is 0 Å². The van der Waals surface area contributed by atoms with Gasteiger partial charge < -0.3 is 5.32 Å². The molecular weight excluding hydrogens is 327 g/mol. The second-order valence-corrected chi connectivity index (χ2v) is 5.02. The van der Waals surface area contributed by atoms with Crippen molar-refractivity contribution in [2.75, 3.05) is 5.32 Å². The molecule has 0 unspecified atom stereocenters. The van der Waals surface area contributed by atoms with Crippen molar-refractivity contribution in [1.82, 2.24) is 14.6 Å². The number of halogens is 3. The van der Waals surface area contributed by atoms with Gasteiger partial charge in [0.2, 0.25) is 5.65 Å². The molecule has 0 aliphatic rings. The fourth-order valence-corrected chi connectivity index (χ4v) is 2.26. The second-order valence-electron chi connectivity index (χ2n) is 5.02. The maximum absolute atomic E-state index is 13.8. The molecule has 2 aromatic heterocycles. The Morgan fingerprint density at radius 2 is 2.08 bits per heavy atom. The Morgan fingerprint density at radius 3 is 2.79 bits per heavy atom. The molecule has 1 aromatic carbocycles. The van der Waals surface area contributed by atoms with E-state index >= 15 is 0 Å². The molecule has 7 nitrogen and oxygen atoms in total. The van der Waals surface area contributed by atoms with Crippen molar-refractivity contribution in [1.29, 1.82) is 0 Å². The molecule has 0 aliphatic heterocycles. The van der Waals surface area contributed by atoms with E-state index in [1.165, 1.54) is 23.7 Å². The minimum Gasteiger partial charge on any atom is -0.363 e. The molecule has 3 rings (SSSR count). The normalized spacial score (nSPS) is 12.3. The number of rotatable bonds is 4. The highest BCUT2D eigenvalue weighted by molar-refractivity contribution is 5.60. The summed E-state index contributed by atoms with van der Waals surface area (Å²) in [6.45, 7) is 1.48. The van der Waals surface area contributed by atoms with Crippen LogP contribution >= 0.6 is 0 Å². The van der Waals surface area contributed by atoms with E-state index in [2.05, 4.69) is 15.4 Å².